The molecule has 1 atom stereocenters. The van der Waals surface area contributed by atoms with Crippen molar-refractivity contribution in [3.05, 3.63) is 29.8 Å². The summed E-state index contributed by atoms with van der Waals surface area (Å²) in [6.45, 7) is 3.34. The summed E-state index contributed by atoms with van der Waals surface area (Å²) in [6.07, 6.45) is 2.59. The van der Waals surface area contributed by atoms with Gasteiger partial charge in [0.2, 0.25) is 0 Å². The highest BCUT2D eigenvalue weighted by molar-refractivity contribution is 5.36. The van der Waals surface area contributed by atoms with Gasteiger partial charge in [-0.25, -0.2) is 0 Å². The number of para-hydroxylation sites is 1. The average molecular weight is 234 g/mol. The van der Waals surface area contributed by atoms with Gasteiger partial charge >= 0.3 is 0 Å². The van der Waals surface area contributed by atoms with Crippen LogP contribution in [0, 0.1) is 0 Å². The van der Waals surface area contributed by atoms with E-state index in [0.29, 0.717) is 19.2 Å². The first-order chi connectivity index (χ1) is 8.27. The number of likely N-dealkylation sites (N-methyl/N-ethyl adjacent to an activating group) is 1. The van der Waals surface area contributed by atoms with Crippen molar-refractivity contribution in [2.45, 2.75) is 31.8 Å². The Labute approximate surface area is 104 Å². The Morgan fingerprint density at radius 2 is 2.12 bits per heavy atom. The first kappa shape index (κ1) is 12.4. The molecule has 0 bridgehead atoms. The number of nitrogens with zero attached hydrogens (tertiary/aromatic N) is 1. The third kappa shape index (κ3) is 2.79. The van der Waals surface area contributed by atoms with Gasteiger partial charge in [0.15, 0.2) is 0 Å². The minimum atomic E-state index is 0.269. The smallest absolute Gasteiger partial charge is 0.124 e. The van der Waals surface area contributed by atoms with Gasteiger partial charge in [-0.15, -0.1) is 0 Å². The third-order valence-corrected chi connectivity index (χ3v) is 3.42. The van der Waals surface area contributed by atoms with Gasteiger partial charge in [0.05, 0.1) is 12.6 Å². The molecular weight excluding hydrogens is 212 g/mol. The molecule has 3 heteroatoms. The molecule has 2 N–H and O–H groups in total. The monoisotopic (exact) mass is 234 g/mol. The lowest BCUT2D eigenvalue weighted by Crippen LogP contribution is -2.32. The topological polar surface area (TPSA) is 38.5 Å². The summed E-state index contributed by atoms with van der Waals surface area (Å²) in [6, 6.07) is 9.20. The lowest BCUT2D eigenvalue weighted by Gasteiger charge is -2.28. The number of rotatable bonds is 6. The quantitative estimate of drug-likeness (QED) is 0.820. The van der Waals surface area contributed by atoms with Crippen LogP contribution in [0.2, 0.25) is 0 Å². The minimum Gasteiger partial charge on any atom is -0.494 e. The van der Waals surface area contributed by atoms with E-state index < -0.39 is 0 Å². The highest BCUT2D eigenvalue weighted by Crippen LogP contribution is 2.35. The van der Waals surface area contributed by atoms with E-state index in [1.165, 1.54) is 18.4 Å². The van der Waals surface area contributed by atoms with Crippen molar-refractivity contribution in [3.8, 4) is 5.75 Å². The van der Waals surface area contributed by atoms with E-state index >= 15 is 0 Å². The van der Waals surface area contributed by atoms with Crippen LogP contribution in [0.1, 0.15) is 31.4 Å². The molecule has 1 aromatic carbocycles. The van der Waals surface area contributed by atoms with Crippen LogP contribution in [0.3, 0.4) is 0 Å². The maximum absolute atomic E-state index is 5.94. The molecule has 94 valence electrons. The maximum Gasteiger partial charge on any atom is 0.124 e. The molecule has 3 nitrogen and oxygen atoms in total. The average Bonchev–Trinajstić information content (AvgIpc) is 3.16. The first-order valence-corrected chi connectivity index (χ1v) is 6.41. The van der Waals surface area contributed by atoms with Gasteiger partial charge in [0, 0.05) is 18.2 Å². The molecule has 0 heterocycles. The van der Waals surface area contributed by atoms with Gasteiger partial charge in [0.1, 0.15) is 5.75 Å². The fourth-order valence-corrected chi connectivity index (χ4v) is 2.29. The van der Waals surface area contributed by atoms with E-state index in [0.717, 1.165) is 5.75 Å². The van der Waals surface area contributed by atoms with E-state index in [-0.39, 0.29) is 6.04 Å². The van der Waals surface area contributed by atoms with Crippen LogP contribution in [-0.2, 0) is 0 Å². The third-order valence-electron chi connectivity index (χ3n) is 3.42. The fraction of sp³-hybridized carbons (Fsp3) is 0.571. The molecule has 1 aliphatic carbocycles. The molecule has 1 fully saturated rings. The van der Waals surface area contributed by atoms with E-state index in [9.17, 15) is 0 Å². The fourth-order valence-electron chi connectivity index (χ4n) is 2.29. The van der Waals surface area contributed by atoms with Crippen LogP contribution >= 0.6 is 0 Å². The predicted molar refractivity (Wildman–Crippen MR) is 70.2 cm³/mol. The Hall–Kier alpha value is -1.06. The lowest BCUT2D eigenvalue weighted by molar-refractivity contribution is 0.231. The highest BCUT2D eigenvalue weighted by Gasteiger charge is 2.32. The van der Waals surface area contributed by atoms with Crippen molar-refractivity contribution in [3.63, 3.8) is 0 Å². The van der Waals surface area contributed by atoms with Gasteiger partial charge in [0.25, 0.3) is 0 Å². The summed E-state index contributed by atoms with van der Waals surface area (Å²) in [4.78, 5) is 2.39. The molecule has 1 unspecified atom stereocenters. The van der Waals surface area contributed by atoms with E-state index in [1.807, 2.05) is 19.1 Å². The number of nitrogens with two attached hydrogens (primary N) is 1. The second-order valence-corrected chi connectivity index (χ2v) is 4.62. The number of hydrogen-bond donors (Lipinski definition) is 1. The second-order valence-electron chi connectivity index (χ2n) is 4.62. The summed E-state index contributed by atoms with van der Waals surface area (Å²) in [5.41, 5.74) is 7.15. The number of benzene rings is 1. The molecule has 1 saturated carbocycles. The molecule has 0 spiro atoms. The van der Waals surface area contributed by atoms with Crippen molar-refractivity contribution in [1.82, 2.24) is 4.90 Å². The molecular formula is C14H22N2O. The lowest BCUT2D eigenvalue weighted by atomic mass is 10.0. The van der Waals surface area contributed by atoms with Crippen molar-refractivity contribution >= 4 is 0 Å². The van der Waals surface area contributed by atoms with Crippen molar-refractivity contribution in [2.24, 2.45) is 5.73 Å². The molecule has 1 aromatic rings. The zero-order valence-corrected chi connectivity index (χ0v) is 10.7. The van der Waals surface area contributed by atoms with Gasteiger partial charge in [-0.3, -0.25) is 4.90 Å². The van der Waals surface area contributed by atoms with E-state index in [4.69, 9.17) is 10.5 Å². The summed E-state index contributed by atoms with van der Waals surface area (Å²) in [7, 11) is 2.16. The molecule has 0 saturated heterocycles. The van der Waals surface area contributed by atoms with Crippen LogP contribution in [-0.4, -0.2) is 31.1 Å². The van der Waals surface area contributed by atoms with Gasteiger partial charge in [-0.1, -0.05) is 18.2 Å². The van der Waals surface area contributed by atoms with Gasteiger partial charge in [-0.05, 0) is 32.9 Å². The Balaban J connectivity index is 2.22. The van der Waals surface area contributed by atoms with E-state index in [2.05, 4.69) is 24.1 Å². The number of hydrogen-bond acceptors (Lipinski definition) is 3. The highest BCUT2D eigenvalue weighted by atomic mass is 16.5. The molecule has 0 aliphatic heterocycles. The Morgan fingerprint density at radius 1 is 1.41 bits per heavy atom. The normalized spacial score (nSPS) is 17.2. The van der Waals surface area contributed by atoms with Crippen LogP contribution in [0.25, 0.3) is 0 Å². The standard InChI is InChI=1S/C14H22N2O/c1-3-17-14-7-5-4-6-12(14)13(10-15)16(2)11-8-9-11/h4-7,11,13H,3,8-10,15H2,1-2H3. The molecule has 1 aliphatic rings. The molecule has 0 radical (unpaired) electrons. The van der Waals surface area contributed by atoms with Crippen LogP contribution in [0.5, 0.6) is 5.75 Å². The van der Waals surface area contributed by atoms with Crippen LogP contribution in [0.15, 0.2) is 24.3 Å². The molecule has 0 amide bonds. The van der Waals surface area contributed by atoms with Crippen molar-refractivity contribution in [2.75, 3.05) is 20.2 Å². The largest absolute Gasteiger partial charge is 0.494 e. The number of ether oxygens (including phenoxy) is 1. The zero-order chi connectivity index (χ0) is 12.3. The Bertz CT molecular complexity index is 363. The van der Waals surface area contributed by atoms with Crippen LogP contribution < -0.4 is 10.5 Å². The molecule has 17 heavy (non-hydrogen) atoms. The van der Waals surface area contributed by atoms with Crippen molar-refractivity contribution < 1.29 is 4.74 Å². The summed E-state index contributed by atoms with van der Waals surface area (Å²) < 4.78 is 5.69. The zero-order valence-electron chi connectivity index (χ0n) is 10.7. The SMILES string of the molecule is CCOc1ccccc1C(CN)N(C)C1CC1. The first-order valence-electron chi connectivity index (χ1n) is 6.41. The van der Waals surface area contributed by atoms with Gasteiger partial charge < -0.3 is 10.5 Å². The van der Waals surface area contributed by atoms with Crippen molar-refractivity contribution in [1.29, 1.82) is 0 Å². The van der Waals surface area contributed by atoms with Crippen LogP contribution in [0.4, 0.5) is 0 Å². The Morgan fingerprint density at radius 3 is 2.71 bits per heavy atom. The second kappa shape index (κ2) is 5.52. The van der Waals surface area contributed by atoms with Gasteiger partial charge in [-0.2, -0.15) is 0 Å². The molecule has 2 rings (SSSR count). The summed E-state index contributed by atoms with van der Waals surface area (Å²) >= 11 is 0. The predicted octanol–water partition coefficient (Wildman–Crippen LogP) is 2.18. The maximum atomic E-state index is 5.94. The molecule has 0 aromatic heterocycles. The Kier molecular flexibility index (Phi) is 4.02. The van der Waals surface area contributed by atoms with E-state index in [1.54, 1.807) is 0 Å². The summed E-state index contributed by atoms with van der Waals surface area (Å²) in [5.74, 6) is 0.970. The minimum absolute atomic E-state index is 0.269. The summed E-state index contributed by atoms with van der Waals surface area (Å²) in [5, 5.41) is 0.